The quantitative estimate of drug-likeness (QED) is 0.939. The number of aliphatic hydroxyl groups is 1. The van der Waals surface area contributed by atoms with Crippen LogP contribution in [0.25, 0.3) is 0 Å². The maximum atomic E-state index is 10.9. The van der Waals surface area contributed by atoms with Crippen LogP contribution in [0.3, 0.4) is 0 Å². The van der Waals surface area contributed by atoms with Crippen molar-refractivity contribution >= 4 is 12.4 Å². The van der Waals surface area contributed by atoms with Crippen LogP contribution in [0.4, 0.5) is 0 Å². The van der Waals surface area contributed by atoms with Gasteiger partial charge in [0.15, 0.2) is 0 Å². The van der Waals surface area contributed by atoms with Crippen molar-refractivity contribution < 1.29 is 9.84 Å². The molecule has 22 heavy (non-hydrogen) atoms. The summed E-state index contributed by atoms with van der Waals surface area (Å²) in [4.78, 5) is 2.32. The van der Waals surface area contributed by atoms with Gasteiger partial charge in [-0.3, -0.25) is 4.90 Å². The van der Waals surface area contributed by atoms with Crippen LogP contribution >= 0.6 is 12.4 Å². The average molecular weight is 320 g/mol. The molecule has 0 saturated carbocycles. The Morgan fingerprint density at radius 3 is 1.86 bits per heavy atom. The molecule has 4 heteroatoms. The molecule has 0 bridgehead atoms. The van der Waals surface area contributed by atoms with Gasteiger partial charge in [-0.2, -0.15) is 0 Å². The average Bonchev–Trinajstić information content (AvgIpc) is 2.58. The highest BCUT2D eigenvalue weighted by molar-refractivity contribution is 5.85. The van der Waals surface area contributed by atoms with E-state index in [0.29, 0.717) is 0 Å². The summed E-state index contributed by atoms with van der Waals surface area (Å²) in [6.45, 7) is 3.16. The van der Waals surface area contributed by atoms with Crippen molar-refractivity contribution in [2.45, 2.75) is 12.1 Å². The maximum Gasteiger partial charge on any atom is 0.0986 e. The van der Waals surface area contributed by atoms with E-state index in [2.05, 4.69) is 17.0 Å². The van der Waals surface area contributed by atoms with Crippen molar-refractivity contribution in [3.05, 3.63) is 71.8 Å². The monoisotopic (exact) mass is 319 g/mol. The second kappa shape index (κ2) is 8.30. The van der Waals surface area contributed by atoms with Gasteiger partial charge in [-0.15, -0.1) is 12.4 Å². The molecule has 0 spiro atoms. The van der Waals surface area contributed by atoms with E-state index in [9.17, 15) is 5.11 Å². The predicted octanol–water partition coefficient (Wildman–Crippen LogP) is 3.22. The van der Waals surface area contributed by atoms with Crippen LogP contribution in [0.15, 0.2) is 60.7 Å². The third kappa shape index (κ3) is 3.87. The molecular weight excluding hydrogens is 298 g/mol. The van der Waals surface area contributed by atoms with Crippen molar-refractivity contribution in [2.75, 3.05) is 26.3 Å². The minimum Gasteiger partial charge on any atom is -0.386 e. The van der Waals surface area contributed by atoms with E-state index in [1.165, 1.54) is 0 Å². The van der Waals surface area contributed by atoms with Gasteiger partial charge in [0.1, 0.15) is 0 Å². The first kappa shape index (κ1) is 17.0. The topological polar surface area (TPSA) is 32.7 Å². The Morgan fingerprint density at radius 1 is 0.818 bits per heavy atom. The Hall–Kier alpha value is -1.39. The van der Waals surface area contributed by atoms with Gasteiger partial charge in [0, 0.05) is 13.1 Å². The number of hydrogen-bond donors (Lipinski definition) is 1. The first-order valence-corrected chi connectivity index (χ1v) is 7.46. The summed E-state index contributed by atoms with van der Waals surface area (Å²) < 4.78 is 5.45. The number of halogens is 1. The van der Waals surface area contributed by atoms with Gasteiger partial charge in [0.25, 0.3) is 0 Å². The standard InChI is InChI=1S/C18H21NO2.ClH/c20-18(16-9-5-2-6-10-16)17(15-7-3-1-4-8-15)19-11-13-21-14-12-19;/h1-10,17-18,20H,11-14H2;1H/t17-,18+;/m0./s1. The summed E-state index contributed by atoms with van der Waals surface area (Å²) in [6, 6.07) is 20.1. The molecule has 2 aromatic rings. The Morgan fingerprint density at radius 2 is 1.32 bits per heavy atom. The van der Waals surface area contributed by atoms with Gasteiger partial charge in [-0.25, -0.2) is 0 Å². The number of benzene rings is 2. The van der Waals surface area contributed by atoms with Crippen molar-refractivity contribution in [2.24, 2.45) is 0 Å². The lowest BCUT2D eigenvalue weighted by Gasteiger charge is -2.37. The lowest BCUT2D eigenvalue weighted by molar-refractivity contribution is -0.0238. The molecule has 0 aromatic heterocycles. The Kier molecular flexibility index (Phi) is 6.40. The third-order valence-electron chi connectivity index (χ3n) is 4.02. The maximum absolute atomic E-state index is 10.9. The molecule has 1 N–H and O–H groups in total. The molecule has 1 heterocycles. The fourth-order valence-corrected chi connectivity index (χ4v) is 2.93. The number of morpholine rings is 1. The minimum absolute atomic E-state index is 0. The normalized spacial score (nSPS) is 18.2. The van der Waals surface area contributed by atoms with Gasteiger partial charge in [-0.05, 0) is 11.1 Å². The highest BCUT2D eigenvalue weighted by atomic mass is 35.5. The highest BCUT2D eigenvalue weighted by Gasteiger charge is 2.29. The fraction of sp³-hybridized carbons (Fsp3) is 0.333. The summed E-state index contributed by atoms with van der Waals surface area (Å²) >= 11 is 0. The highest BCUT2D eigenvalue weighted by Crippen LogP contribution is 2.34. The van der Waals surface area contributed by atoms with E-state index >= 15 is 0 Å². The molecule has 0 radical (unpaired) electrons. The van der Waals surface area contributed by atoms with E-state index < -0.39 is 6.10 Å². The summed E-state index contributed by atoms with van der Waals surface area (Å²) in [5.74, 6) is 0. The zero-order valence-electron chi connectivity index (χ0n) is 12.5. The zero-order valence-corrected chi connectivity index (χ0v) is 13.3. The number of aliphatic hydroxyl groups excluding tert-OH is 1. The Bertz CT molecular complexity index is 544. The van der Waals surface area contributed by atoms with E-state index in [1.54, 1.807) is 0 Å². The van der Waals surface area contributed by atoms with Gasteiger partial charge in [0.05, 0.1) is 25.4 Å². The number of rotatable bonds is 4. The molecular formula is C18H22ClNO2. The van der Waals surface area contributed by atoms with Gasteiger partial charge >= 0.3 is 0 Å². The van der Waals surface area contributed by atoms with Crippen LogP contribution in [0.5, 0.6) is 0 Å². The van der Waals surface area contributed by atoms with E-state index in [4.69, 9.17) is 4.74 Å². The first-order chi connectivity index (χ1) is 10.4. The van der Waals surface area contributed by atoms with Gasteiger partial charge in [-0.1, -0.05) is 60.7 Å². The largest absolute Gasteiger partial charge is 0.386 e. The number of hydrogen-bond acceptors (Lipinski definition) is 3. The second-order valence-corrected chi connectivity index (χ2v) is 5.36. The minimum atomic E-state index is -0.535. The molecule has 1 aliphatic rings. The lowest BCUT2D eigenvalue weighted by Crippen LogP contribution is -2.41. The van der Waals surface area contributed by atoms with Gasteiger partial charge in [0.2, 0.25) is 0 Å². The molecule has 1 aliphatic heterocycles. The summed E-state index contributed by atoms with van der Waals surface area (Å²) in [5, 5.41) is 10.9. The van der Waals surface area contributed by atoms with E-state index in [0.717, 1.165) is 37.4 Å². The SMILES string of the molecule is Cl.O[C@H](c1ccccc1)[C@H](c1ccccc1)N1CCOCC1. The third-order valence-corrected chi connectivity index (χ3v) is 4.02. The van der Waals surface area contributed by atoms with Crippen LogP contribution in [0, 0.1) is 0 Å². The molecule has 3 nitrogen and oxygen atoms in total. The second-order valence-electron chi connectivity index (χ2n) is 5.36. The zero-order chi connectivity index (χ0) is 14.5. The molecule has 2 atom stereocenters. The smallest absolute Gasteiger partial charge is 0.0986 e. The van der Waals surface area contributed by atoms with Crippen LogP contribution in [-0.2, 0) is 4.74 Å². The molecule has 1 saturated heterocycles. The molecule has 3 rings (SSSR count). The Labute approximate surface area is 137 Å². The molecule has 0 aliphatic carbocycles. The van der Waals surface area contributed by atoms with Crippen molar-refractivity contribution in [3.63, 3.8) is 0 Å². The summed E-state index contributed by atoms with van der Waals surface area (Å²) in [6.07, 6.45) is -0.535. The van der Waals surface area contributed by atoms with Crippen LogP contribution in [0.1, 0.15) is 23.3 Å². The molecule has 0 amide bonds. The van der Waals surface area contributed by atoms with E-state index in [1.807, 2.05) is 48.5 Å². The van der Waals surface area contributed by atoms with Crippen molar-refractivity contribution in [1.82, 2.24) is 4.90 Å². The summed E-state index contributed by atoms with van der Waals surface area (Å²) in [5.41, 5.74) is 2.11. The molecule has 1 fully saturated rings. The van der Waals surface area contributed by atoms with Crippen molar-refractivity contribution in [1.29, 1.82) is 0 Å². The molecule has 0 unspecified atom stereocenters. The number of nitrogens with zero attached hydrogens (tertiary/aromatic N) is 1. The molecule has 2 aromatic carbocycles. The van der Waals surface area contributed by atoms with E-state index in [-0.39, 0.29) is 18.4 Å². The predicted molar refractivity (Wildman–Crippen MR) is 90.2 cm³/mol. The Balaban J connectivity index is 0.00000176. The molecule has 118 valence electrons. The summed E-state index contributed by atoms with van der Waals surface area (Å²) in [7, 11) is 0. The first-order valence-electron chi connectivity index (χ1n) is 7.46. The number of ether oxygens (including phenoxy) is 1. The van der Waals surface area contributed by atoms with Crippen molar-refractivity contribution in [3.8, 4) is 0 Å². The fourth-order valence-electron chi connectivity index (χ4n) is 2.93. The van der Waals surface area contributed by atoms with Crippen LogP contribution in [0.2, 0.25) is 0 Å². The lowest BCUT2D eigenvalue weighted by atomic mass is 9.94. The van der Waals surface area contributed by atoms with Crippen LogP contribution < -0.4 is 0 Å². The van der Waals surface area contributed by atoms with Crippen LogP contribution in [-0.4, -0.2) is 36.3 Å². The van der Waals surface area contributed by atoms with Gasteiger partial charge < -0.3 is 9.84 Å².